The first-order valence-electron chi connectivity index (χ1n) is 10.2. The maximum absolute atomic E-state index is 14.5. The van der Waals surface area contributed by atoms with E-state index in [0.717, 1.165) is 13.0 Å². The van der Waals surface area contributed by atoms with Crippen LogP contribution in [0, 0.1) is 5.82 Å². The predicted molar refractivity (Wildman–Crippen MR) is 125 cm³/mol. The molecule has 34 heavy (non-hydrogen) atoms. The zero-order valence-electron chi connectivity index (χ0n) is 18.5. The lowest BCUT2D eigenvalue weighted by Crippen LogP contribution is -2.13. The number of hydrogen-bond donors (Lipinski definition) is 2. The molecule has 4 rings (SSSR count). The number of nitrogens with two attached hydrogens (primary N) is 1. The molecule has 2 amide bonds. The molecule has 3 N–H and O–H groups in total. The molecule has 0 spiro atoms. The minimum absolute atomic E-state index is 0.108. The van der Waals surface area contributed by atoms with Crippen LogP contribution in [-0.2, 0) is 4.79 Å². The Balaban J connectivity index is 0.000000396. The van der Waals surface area contributed by atoms with Crippen molar-refractivity contribution < 1.29 is 27.8 Å². The third kappa shape index (κ3) is 5.70. The van der Waals surface area contributed by atoms with E-state index < -0.39 is 17.9 Å². The number of anilines is 1. The molecule has 1 fully saturated rings. The first-order chi connectivity index (χ1) is 16.2. The second-order valence-corrected chi connectivity index (χ2v) is 7.87. The summed E-state index contributed by atoms with van der Waals surface area (Å²) in [5.74, 6) is -1.21. The number of halogens is 3. The molecule has 1 saturated heterocycles. The summed E-state index contributed by atoms with van der Waals surface area (Å²) in [6, 6.07) is 7.21. The number of nitrogens with one attached hydrogen (secondary N) is 1. The topological polar surface area (TPSA) is 107 Å². The summed E-state index contributed by atoms with van der Waals surface area (Å²) in [6.45, 7) is 1.57. The minimum Gasteiger partial charge on any atom is -0.496 e. The third-order valence-corrected chi connectivity index (χ3v) is 5.47. The lowest BCUT2D eigenvalue weighted by atomic mass is 10.1. The fourth-order valence-electron chi connectivity index (χ4n) is 3.38. The number of alkyl halides is 1. The number of methoxy groups -OCH3 is 1. The fraction of sp³-hybridized carbons (Fsp3) is 0.261. The second kappa shape index (κ2) is 11.1. The van der Waals surface area contributed by atoms with Crippen molar-refractivity contribution in [1.82, 2.24) is 9.88 Å². The largest absolute Gasteiger partial charge is 0.496 e. The van der Waals surface area contributed by atoms with Crippen LogP contribution in [0.3, 0.4) is 0 Å². The number of ether oxygens (including phenoxy) is 2. The van der Waals surface area contributed by atoms with Crippen LogP contribution in [-0.4, -0.2) is 55.6 Å². The van der Waals surface area contributed by atoms with E-state index in [2.05, 4.69) is 10.3 Å². The lowest BCUT2D eigenvalue weighted by molar-refractivity contribution is -0.105. The molecule has 1 aliphatic rings. The zero-order chi connectivity index (χ0) is 24.8. The Labute approximate surface area is 199 Å². The summed E-state index contributed by atoms with van der Waals surface area (Å²) in [4.78, 5) is 28.4. The van der Waals surface area contributed by atoms with Gasteiger partial charge in [-0.2, -0.15) is 0 Å². The van der Waals surface area contributed by atoms with Crippen LogP contribution in [0.25, 0.3) is 10.9 Å². The van der Waals surface area contributed by atoms with Crippen LogP contribution in [0.1, 0.15) is 16.8 Å². The number of nitrogens with zero attached hydrogens (tertiary/aromatic N) is 2. The number of primary amides is 1. The van der Waals surface area contributed by atoms with Crippen molar-refractivity contribution in [2.24, 2.45) is 5.73 Å². The Morgan fingerprint density at radius 3 is 2.62 bits per heavy atom. The van der Waals surface area contributed by atoms with Gasteiger partial charge in [-0.15, -0.1) is 0 Å². The summed E-state index contributed by atoms with van der Waals surface area (Å²) in [7, 11) is 3.35. The molecule has 1 aromatic heterocycles. The van der Waals surface area contributed by atoms with E-state index in [1.165, 1.54) is 43.6 Å². The maximum atomic E-state index is 14.5. The molecule has 3 aromatic rings. The average molecular weight is 493 g/mol. The van der Waals surface area contributed by atoms with Gasteiger partial charge in [0.05, 0.1) is 23.9 Å². The molecule has 1 aliphatic heterocycles. The highest BCUT2D eigenvalue weighted by Gasteiger charge is 2.18. The SMILES string of the molecule is CN1CCC(F)C1.COc1cc2nccc(Oc3ccc(NC=O)c(Cl)c3F)c2cc1C(N)=O. The number of carbonyl (C=O) groups excluding carboxylic acids is 2. The number of carbonyl (C=O) groups is 2. The highest BCUT2D eigenvalue weighted by atomic mass is 35.5. The Morgan fingerprint density at radius 1 is 1.29 bits per heavy atom. The summed E-state index contributed by atoms with van der Waals surface area (Å²) in [5, 5.41) is 2.42. The van der Waals surface area contributed by atoms with Gasteiger partial charge in [-0.05, 0) is 37.7 Å². The Bertz CT molecular complexity index is 1200. The highest BCUT2D eigenvalue weighted by molar-refractivity contribution is 6.33. The number of benzene rings is 2. The minimum atomic E-state index is -0.850. The van der Waals surface area contributed by atoms with Crippen molar-refractivity contribution in [2.45, 2.75) is 12.6 Å². The van der Waals surface area contributed by atoms with Crippen molar-refractivity contribution >= 4 is 40.5 Å². The molecule has 180 valence electrons. The molecule has 2 heterocycles. The Kier molecular flexibility index (Phi) is 8.19. The van der Waals surface area contributed by atoms with Gasteiger partial charge in [0.2, 0.25) is 6.41 Å². The molecular weight excluding hydrogens is 470 g/mol. The lowest BCUT2D eigenvalue weighted by Gasteiger charge is -2.13. The number of pyridine rings is 1. The maximum Gasteiger partial charge on any atom is 0.252 e. The van der Waals surface area contributed by atoms with Crippen molar-refractivity contribution in [1.29, 1.82) is 0 Å². The van der Waals surface area contributed by atoms with E-state index >= 15 is 0 Å². The van der Waals surface area contributed by atoms with Gasteiger partial charge in [0.25, 0.3) is 5.91 Å². The van der Waals surface area contributed by atoms with E-state index in [1.54, 1.807) is 0 Å². The van der Waals surface area contributed by atoms with Crippen LogP contribution >= 0.6 is 11.6 Å². The predicted octanol–water partition coefficient (Wildman–Crippen LogP) is 4.16. The second-order valence-electron chi connectivity index (χ2n) is 7.49. The summed E-state index contributed by atoms with van der Waals surface area (Å²) < 4.78 is 37.4. The van der Waals surface area contributed by atoms with E-state index in [1.807, 2.05) is 11.9 Å². The van der Waals surface area contributed by atoms with Gasteiger partial charge in [-0.3, -0.25) is 14.6 Å². The normalized spacial score (nSPS) is 15.4. The molecule has 0 aliphatic carbocycles. The number of likely N-dealkylation sites (tertiary alicyclic amines) is 1. The van der Waals surface area contributed by atoms with Crippen LogP contribution in [0.15, 0.2) is 36.5 Å². The van der Waals surface area contributed by atoms with Crippen molar-refractivity contribution in [3.63, 3.8) is 0 Å². The van der Waals surface area contributed by atoms with Gasteiger partial charge >= 0.3 is 0 Å². The van der Waals surface area contributed by atoms with E-state index in [-0.39, 0.29) is 33.5 Å². The Morgan fingerprint density at radius 2 is 2.06 bits per heavy atom. The molecule has 0 bridgehead atoms. The Hall–Kier alpha value is -3.50. The van der Waals surface area contributed by atoms with Crippen LogP contribution in [0.2, 0.25) is 5.02 Å². The number of hydrogen-bond acceptors (Lipinski definition) is 6. The van der Waals surface area contributed by atoms with Gasteiger partial charge < -0.3 is 25.4 Å². The zero-order valence-corrected chi connectivity index (χ0v) is 19.2. The van der Waals surface area contributed by atoms with E-state index in [9.17, 15) is 18.4 Å². The molecule has 1 unspecified atom stereocenters. The first-order valence-corrected chi connectivity index (χ1v) is 10.6. The average Bonchev–Trinajstić information content (AvgIpc) is 3.20. The summed E-state index contributed by atoms with van der Waals surface area (Å²) in [6.07, 6.45) is 2.03. The van der Waals surface area contributed by atoms with Gasteiger partial charge in [0.15, 0.2) is 11.6 Å². The molecule has 8 nitrogen and oxygen atoms in total. The summed E-state index contributed by atoms with van der Waals surface area (Å²) in [5.41, 5.74) is 6.08. The van der Waals surface area contributed by atoms with E-state index in [0.29, 0.717) is 23.9 Å². The van der Waals surface area contributed by atoms with Gasteiger partial charge in [-0.1, -0.05) is 11.6 Å². The van der Waals surface area contributed by atoms with Gasteiger partial charge in [0, 0.05) is 30.7 Å². The molecule has 2 aromatic carbocycles. The van der Waals surface area contributed by atoms with Crippen LogP contribution < -0.4 is 20.5 Å². The number of rotatable bonds is 6. The fourth-order valence-corrected chi connectivity index (χ4v) is 3.59. The highest BCUT2D eigenvalue weighted by Crippen LogP contribution is 2.37. The number of fused-ring (bicyclic) bond motifs is 1. The summed E-state index contributed by atoms with van der Waals surface area (Å²) >= 11 is 5.90. The quantitative estimate of drug-likeness (QED) is 0.500. The standard InChI is InChI=1S/C18H13ClFN3O4.C5H10FN/c1-26-15-7-12-9(6-10(15)18(21)25)13(4-5-22-12)27-14-3-2-11(23-8-24)16(19)17(14)20;1-7-3-2-5(6)4-7/h2-8H,1H3,(H2,21,25)(H,23,24);5H,2-4H2,1H3. The monoisotopic (exact) mass is 492 g/mol. The van der Waals surface area contributed by atoms with E-state index in [4.69, 9.17) is 26.8 Å². The number of aromatic nitrogens is 1. The van der Waals surface area contributed by atoms with Crippen LogP contribution in [0.5, 0.6) is 17.2 Å². The molecular formula is C23H23ClF2N4O4. The molecule has 1 atom stereocenters. The van der Waals surface area contributed by atoms with Crippen molar-refractivity contribution in [2.75, 3.05) is 32.6 Å². The molecule has 0 saturated carbocycles. The number of amides is 2. The van der Waals surface area contributed by atoms with Gasteiger partial charge in [-0.25, -0.2) is 8.78 Å². The smallest absolute Gasteiger partial charge is 0.252 e. The van der Waals surface area contributed by atoms with Crippen LogP contribution in [0.4, 0.5) is 14.5 Å². The van der Waals surface area contributed by atoms with Crippen molar-refractivity contribution in [3.8, 4) is 17.2 Å². The van der Waals surface area contributed by atoms with Gasteiger partial charge in [0.1, 0.15) is 22.7 Å². The molecule has 11 heteroatoms. The molecule has 0 radical (unpaired) electrons. The van der Waals surface area contributed by atoms with Crippen molar-refractivity contribution in [3.05, 3.63) is 52.9 Å². The third-order valence-electron chi connectivity index (χ3n) is 5.10. The first kappa shape index (κ1) is 25.1.